The van der Waals surface area contributed by atoms with Crippen LogP contribution in [0.1, 0.15) is 69.2 Å². The maximum atomic E-state index is 14.2. The first-order valence-corrected chi connectivity index (χ1v) is 17.6. The van der Waals surface area contributed by atoms with E-state index in [1.807, 2.05) is 12.1 Å². The summed E-state index contributed by atoms with van der Waals surface area (Å²) in [4.78, 5) is 27.6. The second-order valence-electron chi connectivity index (χ2n) is 13.6. The quantitative estimate of drug-likeness (QED) is 0.158. The summed E-state index contributed by atoms with van der Waals surface area (Å²) in [5.74, 6) is 2.06. The highest BCUT2D eigenvalue weighted by molar-refractivity contribution is 7.98. The van der Waals surface area contributed by atoms with E-state index in [0.717, 1.165) is 30.8 Å². The smallest absolute Gasteiger partial charge is 0.402 e. The molecule has 12 heteroatoms. The Morgan fingerprint density at radius 1 is 1.10 bits per heavy atom. The van der Waals surface area contributed by atoms with Gasteiger partial charge in [0.25, 0.3) is 0 Å². The van der Waals surface area contributed by atoms with Crippen molar-refractivity contribution in [1.82, 2.24) is 0 Å². The number of rotatable bonds is 11. The third-order valence-electron chi connectivity index (χ3n) is 9.83. The molecular weight excluding hydrogens is 590 g/mol. The minimum absolute atomic E-state index is 0.0965. The van der Waals surface area contributed by atoms with Gasteiger partial charge < -0.3 is 14.2 Å². The highest BCUT2D eigenvalue weighted by Crippen LogP contribution is 2.68. The first-order valence-electron chi connectivity index (χ1n) is 14.5. The van der Waals surface area contributed by atoms with E-state index in [4.69, 9.17) is 18.8 Å². The predicted octanol–water partition coefficient (Wildman–Crippen LogP) is 4.92. The molecule has 1 aromatic rings. The number of hydrogen-bond donors (Lipinski definition) is 1. The van der Waals surface area contributed by atoms with Gasteiger partial charge in [-0.15, -0.1) is 0 Å². The minimum Gasteiger partial charge on any atom is -0.497 e. The number of ketones is 1. The van der Waals surface area contributed by atoms with Crippen molar-refractivity contribution < 1.29 is 45.6 Å². The lowest BCUT2D eigenvalue weighted by molar-refractivity contribution is -0.188. The standard InChI is InChI=1S/C30H40F2O8S2/c1-27(2,25(41-10-8-39-9-11-41)24(33)22-4-6-23(38-3)7-5-22)17-28-13-20-12-21(14-28)16-29(15-20,18-28)26(34)40-19-30(31,32)42(35,36)37/h4-7,20-21,25H,8-19H2,1-3H3/p+1. The summed E-state index contributed by atoms with van der Waals surface area (Å²) >= 11 is 0. The van der Waals surface area contributed by atoms with Gasteiger partial charge >= 0.3 is 21.3 Å². The molecule has 3 unspecified atom stereocenters. The van der Waals surface area contributed by atoms with Crippen LogP contribution in [0.25, 0.3) is 0 Å². The maximum Gasteiger partial charge on any atom is 0.402 e. The Morgan fingerprint density at radius 3 is 2.24 bits per heavy atom. The van der Waals surface area contributed by atoms with Crippen molar-refractivity contribution in [3.05, 3.63) is 29.8 Å². The van der Waals surface area contributed by atoms with E-state index in [1.54, 1.807) is 19.2 Å². The lowest BCUT2D eigenvalue weighted by Gasteiger charge is -2.62. The number of ether oxygens (including phenoxy) is 3. The van der Waals surface area contributed by atoms with Crippen LogP contribution < -0.4 is 4.74 Å². The fourth-order valence-corrected chi connectivity index (χ4v) is 11.9. The molecule has 4 aliphatic carbocycles. The molecule has 1 aliphatic heterocycles. The molecule has 1 heterocycles. The van der Waals surface area contributed by atoms with Crippen molar-refractivity contribution >= 4 is 32.8 Å². The van der Waals surface area contributed by atoms with Crippen molar-refractivity contribution in [2.24, 2.45) is 28.1 Å². The summed E-state index contributed by atoms with van der Waals surface area (Å²) in [7, 11) is -4.32. The Morgan fingerprint density at radius 2 is 1.69 bits per heavy atom. The zero-order chi connectivity index (χ0) is 30.6. The molecule has 0 aromatic heterocycles. The fraction of sp³-hybridized carbons (Fsp3) is 0.733. The summed E-state index contributed by atoms with van der Waals surface area (Å²) < 4.78 is 74.7. The Bertz CT molecular complexity index is 1280. The second kappa shape index (κ2) is 11.3. The first-order chi connectivity index (χ1) is 19.6. The van der Waals surface area contributed by atoms with Crippen LogP contribution in [0, 0.1) is 28.1 Å². The van der Waals surface area contributed by atoms with Gasteiger partial charge in [0, 0.05) is 21.9 Å². The number of esters is 1. The van der Waals surface area contributed by atoms with Crippen LogP contribution in [0.5, 0.6) is 5.75 Å². The van der Waals surface area contributed by atoms with Crippen LogP contribution in [-0.2, 0) is 35.3 Å². The van der Waals surface area contributed by atoms with Gasteiger partial charge in [0.1, 0.15) is 17.3 Å². The zero-order valence-corrected chi connectivity index (χ0v) is 26.0. The number of carbonyl (C=O) groups is 2. The first kappa shape index (κ1) is 31.7. The molecule has 3 atom stereocenters. The topological polar surface area (TPSA) is 116 Å². The van der Waals surface area contributed by atoms with Crippen molar-refractivity contribution in [2.45, 2.75) is 69.3 Å². The van der Waals surface area contributed by atoms with Crippen LogP contribution in [0.15, 0.2) is 24.3 Å². The predicted molar refractivity (Wildman–Crippen MR) is 154 cm³/mol. The molecular formula is C30H41F2O8S2+. The molecule has 0 spiro atoms. The second-order valence-corrected chi connectivity index (χ2v) is 17.5. The Balaban J connectivity index is 1.40. The van der Waals surface area contributed by atoms with E-state index in [0.29, 0.717) is 50.2 Å². The number of halogens is 2. The molecule has 5 fully saturated rings. The lowest BCUT2D eigenvalue weighted by atomic mass is 9.42. The van der Waals surface area contributed by atoms with Crippen molar-refractivity contribution in [1.29, 1.82) is 0 Å². The van der Waals surface area contributed by atoms with E-state index in [-0.39, 0.29) is 39.2 Å². The maximum absolute atomic E-state index is 14.2. The van der Waals surface area contributed by atoms with Crippen LogP contribution in [0.4, 0.5) is 8.78 Å². The van der Waals surface area contributed by atoms with Gasteiger partial charge in [-0.1, -0.05) is 13.8 Å². The van der Waals surface area contributed by atoms with E-state index < -0.39 is 38.8 Å². The van der Waals surface area contributed by atoms with Gasteiger partial charge in [0.2, 0.25) is 5.78 Å². The molecule has 5 aliphatic rings. The van der Waals surface area contributed by atoms with Gasteiger partial charge in [0.15, 0.2) is 11.9 Å². The number of Topliss-reactive ketones (excluding diaryl/α,β-unsaturated/α-hetero) is 1. The number of carbonyl (C=O) groups excluding carboxylic acids is 2. The fourth-order valence-electron chi connectivity index (χ4n) is 8.97. The van der Waals surface area contributed by atoms with E-state index in [1.165, 1.54) is 0 Å². The van der Waals surface area contributed by atoms with Gasteiger partial charge in [-0.3, -0.25) is 14.1 Å². The molecule has 0 radical (unpaired) electrons. The molecule has 4 bridgehead atoms. The van der Waals surface area contributed by atoms with Crippen LogP contribution >= 0.6 is 0 Å². The Hall–Kier alpha value is -1.76. The summed E-state index contributed by atoms with van der Waals surface area (Å²) in [5, 5.41) is -4.82. The molecule has 8 nitrogen and oxygen atoms in total. The summed E-state index contributed by atoms with van der Waals surface area (Å²) in [6, 6.07) is 7.22. The number of alkyl halides is 2. The molecule has 234 valence electrons. The third kappa shape index (κ3) is 6.10. The van der Waals surface area contributed by atoms with Crippen molar-refractivity contribution in [3.63, 3.8) is 0 Å². The minimum atomic E-state index is -5.70. The van der Waals surface area contributed by atoms with Gasteiger partial charge in [-0.25, -0.2) is 0 Å². The van der Waals surface area contributed by atoms with Gasteiger partial charge in [-0.05, 0) is 86.5 Å². The molecule has 0 amide bonds. The number of hydrogen-bond acceptors (Lipinski definition) is 7. The van der Waals surface area contributed by atoms with Crippen molar-refractivity contribution in [2.75, 3.05) is 38.4 Å². The average Bonchev–Trinajstić information content (AvgIpc) is 2.90. The summed E-state index contributed by atoms with van der Waals surface area (Å²) in [6.45, 7) is 3.83. The van der Waals surface area contributed by atoms with Gasteiger partial charge in [-0.2, -0.15) is 17.2 Å². The van der Waals surface area contributed by atoms with E-state index in [9.17, 15) is 26.8 Å². The highest BCUT2D eigenvalue weighted by Gasteiger charge is 2.64. The molecule has 4 saturated carbocycles. The van der Waals surface area contributed by atoms with E-state index in [2.05, 4.69) is 13.8 Å². The summed E-state index contributed by atoms with van der Waals surface area (Å²) in [6.07, 6.45) is 5.00. The monoisotopic (exact) mass is 631 g/mol. The van der Waals surface area contributed by atoms with Crippen molar-refractivity contribution in [3.8, 4) is 5.75 Å². The molecule has 1 saturated heterocycles. The third-order valence-corrected chi connectivity index (χ3v) is 13.6. The molecule has 42 heavy (non-hydrogen) atoms. The van der Waals surface area contributed by atoms with Crippen LogP contribution in [-0.4, -0.2) is 73.7 Å². The number of benzene rings is 1. The van der Waals surface area contributed by atoms with Gasteiger partial charge in [0.05, 0.1) is 25.7 Å². The SMILES string of the molecule is COc1ccc(C(=O)C([S+]2CCOCC2)C(C)(C)CC23CC4CC(C2)CC(C(=O)OCC(F)(F)S(=O)(=O)O)(C4)C3)cc1. The molecule has 6 rings (SSSR count). The average molecular weight is 632 g/mol. The largest absolute Gasteiger partial charge is 0.497 e. The van der Waals surface area contributed by atoms with Crippen LogP contribution in [0.3, 0.4) is 0 Å². The highest BCUT2D eigenvalue weighted by atomic mass is 32.2. The number of methoxy groups -OCH3 is 1. The molecule has 1 N–H and O–H groups in total. The van der Waals surface area contributed by atoms with E-state index >= 15 is 0 Å². The lowest BCUT2D eigenvalue weighted by Crippen LogP contribution is -2.58. The Kier molecular flexibility index (Phi) is 8.52. The Labute approximate surface area is 249 Å². The normalized spacial score (nSPS) is 30.6. The summed E-state index contributed by atoms with van der Waals surface area (Å²) in [5.41, 5.74) is -1.01. The van der Waals surface area contributed by atoms with Crippen LogP contribution in [0.2, 0.25) is 0 Å². The zero-order valence-electron chi connectivity index (χ0n) is 24.4. The molecule has 1 aromatic carbocycles.